The molecule has 0 bridgehead atoms. The number of hydrogen-bond donors (Lipinski definition) is 2. The Balaban J connectivity index is 1.54. The number of amides is 1. The fourth-order valence-corrected chi connectivity index (χ4v) is 4.08. The Kier molecular flexibility index (Phi) is 5.92. The number of benzene rings is 3. The zero-order valence-electron chi connectivity index (χ0n) is 17.4. The third kappa shape index (κ3) is 4.13. The zero-order chi connectivity index (χ0) is 24.4. The van der Waals surface area contributed by atoms with E-state index >= 15 is 0 Å². The number of nitro groups is 2. The highest BCUT2D eigenvalue weighted by Gasteiger charge is 2.33. The van der Waals surface area contributed by atoms with Crippen LogP contribution in [0.1, 0.15) is 28.7 Å². The van der Waals surface area contributed by atoms with E-state index in [1.807, 2.05) is 48.5 Å². The molecule has 3 aromatic rings. The summed E-state index contributed by atoms with van der Waals surface area (Å²) in [4.78, 5) is 44.8. The molecule has 172 valence electrons. The highest BCUT2D eigenvalue weighted by atomic mass is 16.6. The van der Waals surface area contributed by atoms with Crippen LogP contribution in [0.5, 0.6) is 0 Å². The molecule has 1 atom stereocenters. The summed E-state index contributed by atoms with van der Waals surface area (Å²) >= 11 is 0. The molecule has 0 unspecified atom stereocenters. The van der Waals surface area contributed by atoms with Crippen LogP contribution < -0.4 is 5.32 Å². The number of rotatable bonds is 7. The predicted octanol–water partition coefficient (Wildman–Crippen LogP) is 4.17. The van der Waals surface area contributed by atoms with Gasteiger partial charge in [0.25, 0.3) is 11.4 Å². The summed E-state index contributed by atoms with van der Waals surface area (Å²) < 4.78 is 5.31. The molecule has 4 rings (SSSR count). The van der Waals surface area contributed by atoms with E-state index in [1.54, 1.807) is 0 Å². The molecule has 0 aromatic heterocycles. The van der Waals surface area contributed by atoms with Crippen LogP contribution in [0.3, 0.4) is 0 Å². The molecular weight excluding hydrogens is 446 g/mol. The average molecular weight is 463 g/mol. The lowest BCUT2D eigenvalue weighted by Gasteiger charge is -2.17. The molecule has 2 N–H and O–H groups in total. The van der Waals surface area contributed by atoms with Gasteiger partial charge >= 0.3 is 12.1 Å². The number of carboxylic acid groups (broad SMARTS) is 1. The Labute approximate surface area is 191 Å². The minimum Gasteiger partial charge on any atom is -0.479 e. The SMILES string of the molecule is O=C(N[C@H](C(=O)O)c1ccc([N+](=O)[O-])cc1[N+](=O)[O-])OCC1c2ccccc2-c2ccccc21. The zero-order valence-corrected chi connectivity index (χ0v) is 17.4. The van der Waals surface area contributed by atoms with Crippen LogP contribution in [0.4, 0.5) is 16.2 Å². The van der Waals surface area contributed by atoms with Crippen LogP contribution in [-0.4, -0.2) is 33.6 Å². The predicted molar refractivity (Wildman–Crippen MR) is 118 cm³/mol. The minimum absolute atomic E-state index is 0.0887. The van der Waals surface area contributed by atoms with Crippen LogP contribution in [-0.2, 0) is 9.53 Å². The van der Waals surface area contributed by atoms with Crippen molar-refractivity contribution in [2.45, 2.75) is 12.0 Å². The molecule has 1 aliphatic rings. The fraction of sp³-hybridized carbons (Fsp3) is 0.130. The summed E-state index contributed by atoms with van der Waals surface area (Å²) in [6, 6.07) is 15.9. The van der Waals surface area contributed by atoms with Gasteiger partial charge in [-0.25, -0.2) is 9.59 Å². The number of fused-ring (bicyclic) bond motifs is 3. The molecule has 11 nitrogen and oxygen atoms in total. The van der Waals surface area contributed by atoms with E-state index in [0.29, 0.717) is 6.07 Å². The number of alkyl carbamates (subject to hydrolysis) is 1. The monoisotopic (exact) mass is 463 g/mol. The maximum absolute atomic E-state index is 12.5. The van der Waals surface area contributed by atoms with Crippen molar-refractivity contribution in [2.75, 3.05) is 6.61 Å². The number of carbonyl (C=O) groups is 2. The van der Waals surface area contributed by atoms with Crippen molar-refractivity contribution in [3.63, 3.8) is 0 Å². The van der Waals surface area contributed by atoms with Crippen molar-refractivity contribution >= 4 is 23.4 Å². The number of nitro benzene ring substituents is 2. The number of carbonyl (C=O) groups excluding carboxylic acids is 1. The van der Waals surface area contributed by atoms with Gasteiger partial charge in [0.15, 0.2) is 6.04 Å². The van der Waals surface area contributed by atoms with Crippen molar-refractivity contribution in [3.05, 3.63) is 104 Å². The van der Waals surface area contributed by atoms with Gasteiger partial charge in [0.1, 0.15) is 6.61 Å². The third-order valence-electron chi connectivity index (χ3n) is 5.59. The van der Waals surface area contributed by atoms with Gasteiger partial charge in [0, 0.05) is 12.0 Å². The molecule has 1 amide bonds. The van der Waals surface area contributed by atoms with Crippen LogP contribution in [0.2, 0.25) is 0 Å². The second-order valence-corrected chi connectivity index (χ2v) is 7.50. The molecule has 34 heavy (non-hydrogen) atoms. The molecule has 1 aliphatic carbocycles. The quantitative estimate of drug-likeness (QED) is 0.390. The molecule has 0 aliphatic heterocycles. The number of nitrogens with one attached hydrogen (secondary N) is 1. The second kappa shape index (κ2) is 8.98. The largest absolute Gasteiger partial charge is 0.479 e. The van der Waals surface area contributed by atoms with E-state index in [1.165, 1.54) is 0 Å². The summed E-state index contributed by atoms with van der Waals surface area (Å²) in [5.74, 6) is -1.86. The van der Waals surface area contributed by atoms with E-state index in [-0.39, 0.29) is 12.5 Å². The second-order valence-electron chi connectivity index (χ2n) is 7.50. The Morgan fingerprint density at radius 3 is 2.06 bits per heavy atom. The van der Waals surface area contributed by atoms with E-state index in [9.17, 15) is 34.9 Å². The molecule has 11 heteroatoms. The lowest BCUT2D eigenvalue weighted by molar-refractivity contribution is -0.394. The van der Waals surface area contributed by atoms with Gasteiger partial charge in [0.05, 0.1) is 21.5 Å². The van der Waals surface area contributed by atoms with E-state index in [2.05, 4.69) is 5.32 Å². The van der Waals surface area contributed by atoms with Crippen molar-refractivity contribution in [2.24, 2.45) is 0 Å². The summed E-state index contributed by atoms with van der Waals surface area (Å²) in [5, 5.41) is 34.0. The van der Waals surface area contributed by atoms with Crippen LogP contribution in [0, 0.1) is 20.2 Å². The highest BCUT2D eigenvalue weighted by molar-refractivity contribution is 5.83. The Morgan fingerprint density at radius 1 is 0.941 bits per heavy atom. The smallest absolute Gasteiger partial charge is 0.408 e. The number of non-ortho nitro benzene ring substituents is 1. The average Bonchev–Trinajstić information content (AvgIpc) is 3.14. The van der Waals surface area contributed by atoms with Gasteiger partial charge < -0.3 is 15.2 Å². The van der Waals surface area contributed by atoms with Crippen LogP contribution in [0.15, 0.2) is 66.7 Å². The van der Waals surface area contributed by atoms with Crippen LogP contribution >= 0.6 is 0 Å². The van der Waals surface area contributed by atoms with Crippen molar-refractivity contribution < 1.29 is 29.3 Å². The Morgan fingerprint density at radius 2 is 1.53 bits per heavy atom. The van der Waals surface area contributed by atoms with Gasteiger partial charge in [-0.2, -0.15) is 0 Å². The van der Waals surface area contributed by atoms with Gasteiger partial charge in [-0.05, 0) is 28.3 Å². The molecule has 0 radical (unpaired) electrons. The fourth-order valence-electron chi connectivity index (χ4n) is 4.08. The van der Waals surface area contributed by atoms with Crippen LogP contribution in [0.25, 0.3) is 11.1 Å². The first-order chi connectivity index (χ1) is 16.3. The first-order valence-corrected chi connectivity index (χ1v) is 10.0. The number of nitrogens with zero attached hydrogens (tertiary/aromatic N) is 2. The van der Waals surface area contributed by atoms with Crippen molar-refractivity contribution in [3.8, 4) is 11.1 Å². The normalized spacial score (nSPS) is 12.8. The van der Waals surface area contributed by atoms with Gasteiger partial charge in [-0.15, -0.1) is 0 Å². The first-order valence-electron chi connectivity index (χ1n) is 10.0. The van der Waals surface area contributed by atoms with Crippen molar-refractivity contribution in [1.82, 2.24) is 5.32 Å². The molecule has 0 saturated heterocycles. The van der Waals surface area contributed by atoms with E-state index < -0.39 is 44.9 Å². The number of carboxylic acids is 1. The number of hydrogen-bond acceptors (Lipinski definition) is 7. The molecule has 0 heterocycles. The third-order valence-corrected chi connectivity index (χ3v) is 5.59. The highest BCUT2D eigenvalue weighted by Crippen LogP contribution is 2.44. The topological polar surface area (TPSA) is 162 Å². The molecule has 3 aromatic carbocycles. The number of ether oxygens (including phenoxy) is 1. The van der Waals surface area contributed by atoms with E-state index in [4.69, 9.17) is 4.74 Å². The Bertz CT molecular complexity index is 1280. The standard InChI is InChI=1S/C23H17N3O8/c27-22(28)21(18-10-9-13(25(30)31)11-20(18)26(32)33)24-23(29)34-12-19-16-7-3-1-5-14(16)15-6-2-4-8-17(15)19/h1-11,19,21H,12H2,(H,24,29)(H,27,28)/t21-/m0/s1. The maximum Gasteiger partial charge on any atom is 0.408 e. The molecule has 0 saturated carbocycles. The van der Waals surface area contributed by atoms with Crippen molar-refractivity contribution in [1.29, 1.82) is 0 Å². The summed E-state index contributed by atoms with van der Waals surface area (Å²) in [7, 11) is 0. The lowest BCUT2D eigenvalue weighted by Crippen LogP contribution is -2.35. The maximum atomic E-state index is 12.5. The summed E-state index contributed by atoms with van der Waals surface area (Å²) in [6.07, 6.45) is -1.10. The molecular formula is C23H17N3O8. The molecule has 0 spiro atoms. The summed E-state index contributed by atoms with van der Waals surface area (Å²) in [5.41, 5.74) is 2.13. The van der Waals surface area contributed by atoms with Gasteiger partial charge in [-0.3, -0.25) is 20.2 Å². The molecule has 0 fully saturated rings. The number of aliphatic carboxylic acids is 1. The Hall–Kier alpha value is -4.80. The minimum atomic E-state index is -1.85. The van der Waals surface area contributed by atoms with Gasteiger partial charge in [-0.1, -0.05) is 48.5 Å². The van der Waals surface area contributed by atoms with Gasteiger partial charge in [0.2, 0.25) is 0 Å². The first kappa shape index (κ1) is 22.4. The van der Waals surface area contributed by atoms with E-state index in [0.717, 1.165) is 34.4 Å². The lowest BCUT2D eigenvalue weighted by atomic mass is 9.98. The summed E-state index contributed by atoms with van der Waals surface area (Å²) in [6.45, 7) is -0.0887.